The van der Waals surface area contributed by atoms with Crippen molar-refractivity contribution in [1.29, 1.82) is 5.26 Å². The van der Waals surface area contributed by atoms with Gasteiger partial charge in [0.05, 0.1) is 23.8 Å². The van der Waals surface area contributed by atoms with Gasteiger partial charge in [-0.05, 0) is 54.0 Å². The Morgan fingerprint density at radius 3 is 2.47 bits per heavy atom. The normalized spacial score (nSPS) is 10.9. The fourth-order valence-corrected chi connectivity index (χ4v) is 2.84. The minimum atomic E-state index is -0.475. The van der Waals surface area contributed by atoms with Crippen LogP contribution in [0.1, 0.15) is 29.2 Å². The fourth-order valence-electron chi connectivity index (χ4n) is 2.84. The van der Waals surface area contributed by atoms with E-state index < -0.39 is 5.97 Å². The van der Waals surface area contributed by atoms with Gasteiger partial charge in [-0.25, -0.2) is 4.79 Å². The summed E-state index contributed by atoms with van der Waals surface area (Å²) in [5.74, 6) is -0.0835. The number of benzene rings is 3. The number of carbonyl (C=O) groups excluding carboxylic acids is 1. The molecule has 3 aromatic rings. The topological polar surface area (TPSA) is 79.5 Å². The van der Waals surface area contributed by atoms with Crippen LogP contribution < -0.4 is 4.74 Å². The average Bonchev–Trinajstić information content (AvgIpc) is 2.79. The van der Waals surface area contributed by atoms with Crippen molar-refractivity contribution in [2.45, 2.75) is 13.5 Å². The third-order valence-corrected chi connectivity index (χ3v) is 4.35. The number of hydrogen-bond acceptors (Lipinski definition) is 5. The molecule has 0 amide bonds. The molecule has 0 spiro atoms. The van der Waals surface area contributed by atoms with Gasteiger partial charge in [0.1, 0.15) is 6.61 Å². The lowest BCUT2D eigenvalue weighted by molar-refractivity contribution is -0.137. The van der Waals surface area contributed by atoms with Crippen molar-refractivity contribution in [2.75, 3.05) is 6.61 Å². The Kier molecular flexibility index (Phi) is 6.86. The van der Waals surface area contributed by atoms with Crippen molar-refractivity contribution in [3.05, 3.63) is 95.1 Å². The molecule has 1 N–H and O–H groups in total. The Bertz CT molecular complexity index is 1080. The highest BCUT2D eigenvalue weighted by Gasteiger charge is 2.15. The molecule has 0 aliphatic carbocycles. The molecule has 5 heteroatoms. The summed E-state index contributed by atoms with van der Waals surface area (Å²) in [6.07, 6.45) is 1.71. The lowest BCUT2D eigenvalue weighted by Crippen LogP contribution is -2.07. The smallest absolute Gasteiger partial charge is 0.339 e. The van der Waals surface area contributed by atoms with Crippen LogP contribution in [0.2, 0.25) is 0 Å². The maximum absolute atomic E-state index is 12.9. The van der Waals surface area contributed by atoms with E-state index in [0.717, 1.165) is 5.56 Å². The summed E-state index contributed by atoms with van der Waals surface area (Å²) in [4.78, 5) is 12.9. The summed E-state index contributed by atoms with van der Waals surface area (Å²) in [6.45, 7) is 2.34. The Morgan fingerprint density at radius 1 is 1.07 bits per heavy atom. The van der Waals surface area contributed by atoms with E-state index >= 15 is 0 Å². The molecule has 30 heavy (non-hydrogen) atoms. The first-order chi connectivity index (χ1) is 14.6. The van der Waals surface area contributed by atoms with E-state index in [1.54, 1.807) is 42.5 Å². The van der Waals surface area contributed by atoms with Gasteiger partial charge >= 0.3 is 5.97 Å². The van der Waals surface area contributed by atoms with E-state index in [1.807, 2.05) is 37.3 Å². The molecule has 3 aromatic carbocycles. The van der Waals surface area contributed by atoms with Gasteiger partial charge in [0.15, 0.2) is 11.5 Å². The van der Waals surface area contributed by atoms with Gasteiger partial charge in [0, 0.05) is 0 Å². The zero-order valence-electron chi connectivity index (χ0n) is 16.5. The Balaban J connectivity index is 1.87. The third-order valence-electron chi connectivity index (χ3n) is 4.35. The number of phenolic OH excluding ortho intramolecular Hbond substituents is 1. The summed E-state index contributed by atoms with van der Waals surface area (Å²) < 4.78 is 11.0. The van der Waals surface area contributed by atoms with Gasteiger partial charge in [-0.2, -0.15) is 5.26 Å². The van der Waals surface area contributed by atoms with Crippen molar-refractivity contribution in [3.63, 3.8) is 0 Å². The summed E-state index contributed by atoms with van der Waals surface area (Å²) in [6, 6.07) is 23.1. The minimum absolute atomic E-state index is 0.0404. The zero-order valence-corrected chi connectivity index (χ0v) is 16.5. The predicted molar refractivity (Wildman–Crippen MR) is 115 cm³/mol. The molecule has 0 saturated carbocycles. The molecule has 0 saturated heterocycles. The first-order valence-corrected chi connectivity index (χ1v) is 9.50. The fraction of sp³-hybridized carbons (Fsp3) is 0.120. The molecule has 0 radical (unpaired) electrons. The van der Waals surface area contributed by atoms with Crippen molar-refractivity contribution in [1.82, 2.24) is 0 Å². The van der Waals surface area contributed by atoms with E-state index in [2.05, 4.69) is 6.07 Å². The second kappa shape index (κ2) is 9.94. The molecule has 0 heterocycles. The van der Waals surface area contributed by atoms with Crippen LogP contribution in [0.15, 0.2) is 72.8 Å². The lowest BCUT2D eigenvalue weighted by atomic mass is 10.0. The van der Waals surface area contributed by atoms with Crippen LogP contribution in [0.3, 0.4) is 0 Å². The minimum Gasteiger partial charge on any atom is -0.504 e. The first-order valence-electron chi connectivity index (χ1n) is 9.50. The molecule has 0 fully saturated rings. The molecule has 0 bridgehead atoms. The second-order valence-electron chi connectivity index (χ2n) is 6.47. The third kappa shape index (κ3) is 5.27. The van der Waals surface area contributed by atoms with E-state index in [1.165, 1.54) is 6.07 Å². The Hall–Kier alpha value is -4.04. The number of carbonyl (C=O) groups is 1. The SMILES string of the molecule is CCOc1cc(/C=C(/C(=O)OCc2ccc(C#N)cc2)c2ccccc2)ccc1O. The number of ether oxygens (including phenoxy) is 2. The van der Waals surface area contributed by atoms with Crippen molar-refractivity contribution in [2.24, 2.45) is 0 Å². The van der Waals surface area contributed by atoms with Crippen LogP contribution in [0.5, 0.6) is 11.5 Å². The van der Waals surface area contributed by atoms with Crippen LogP contribution >= 0.6 is 0 Å². The zero-order chi connectivity index (χ0) is 21.3. The standard InChI is InChI=1S/C25H21NO4/c1-2-29-24-15-20(12-13-23(24)27)14-22(21-6-4-3-5-7-21)25(28)30-17-19-10-8-18(16-26)9-11-19/h3-15,27H,2,17H2,1H3/b22-14+. The number of phenols is 1. The first kappa shape index (κ1) is 20.7. The quantitative estimate of drug-likeness (QED) is 0.346. The molecule has 0 atom stereocenters. The average molecular weight is 399 g/mol. The van der Waals surface area contributed by atoms with E-state index in [0.29, 0.717) is 34.6 Å². The van der Waals surface area contributed by atoms with Crippen molar-refractivity contribution in [3.8, 4) is 17.6 Å². The molecule has 0 aliphatic heterocycles. The highest BCUT2D eigenvalue weighted by Crippen LogP contribution is 2.29. The Labute approximate surface area is 175 Å². The summed E-state index contributed by atoms with van der Waals surface area (Å²) in [5.41, 5.74) is 3.14. The highest BCUT2D eigenvalue weighted by molar-refractivity contribution is 6.21. The van der Waals surface area contributed by atoms with E-state index in [4.69, 9.17) is 14.7 Å². The van der Waals surface area contributed by atoms with Gasteiger partial charge in [0.2, 0.25) is 0 Å². The molecule has 0 aliphatic rings. The number of nitriles is 1. The van der Waals surface area contributed by atoms with Gasteiger partial charge < -0.3 is 14.6 Å². The molecular weight excluding hydrogens is 378 g/mol. The summed E-state index contributed by atoms with van der Waals surface area (Å²) >= 11 is 0. The van der Waals surface area contributed by atoms with Gasteiger partial charge in [-0.1, -0.05) is 48.5 Å². The van der Waals surface area contributed by atoms with Crippen LogP contribution in [0.4, 0.5) is 0 Å². The predicted octanol–water partition coefficient (Wildman–Crippen LogP) is 4.95. The molecule has 150 valence electrons. The highest BCUT2D eigenvalue weighted by atomic mass is 16.5. The van der Waals surface area contributed by atoms with Gasteiger partial charge in [-0.15, -0.1) is 0 Å². The number of esters is 1. The largest absolute Gasteiger partial charge is 0.504 e. The number of hydrogen-bond donors (Lipinski definition) is 1. The Morgan fingerprint density at radius 2 is 1.80 bits per heavy atom. The van der Waals surface area contributed by atoms with Gasteiger partial charge in [0.25, 0.3) is 0 Å². The van der Waals surface area contributed by atoms with Crippen molar-refractivity contribution >= 4 is 17.6 Å². The van der Waals surface area contributed by atoms with Crippen LogP contribution in [-0.2, 0) is 16.1 Å². The summed E-state index contributed by atoms with van der Waals surface area (Å²) in [5, 5.41) is 18.8. The van der Waals surface area contributed by atoms with Crippen LogP contribution in [-0.4, -0.2) is 17.7 Å². The number of rotatable bonds is 7. The van der Waals surface area contributed by atoms with Crippen LogP contribution in [0.25, 0.3) is 11.6 Å². The monoisotopic (exact) mass is 399 g/mol. The number of aromatic hydroxyl groups is 1. The maximum atomic E-state index is 12.9. The summed E-state index contributed by atoms with van der Waals surface area (Å²) in [7, 11) is 0. The van der Waals surface area contributed by atoms with Crippen LogP contribution in [0, 0.1) is 11.3 Å². The lowest BCUT2D eigenvalue weighted by Gasteiger charge is -2.11. The number of nitrogens with zero attached hydrogens (tertiary/aromatic N) is 1. The molecular formula is C25H21NO4. The molecule has 0 unspecified atom stereocenters. The maximum Gasteiger partial charge on any atom is 0.339 e. The molecule has 0 aromatic heterocycles. The molecule has 5 nitrogen and oxygen atoms in total. The van der Waals surface area contributed by atoms with E-state index in [-0.39, 0.29) is 12.4 Å². The van der Waals surface area contributed by atoms with Gasteiger partial charge in [-0.3, -0.25) is 0 Å². The second-order valence-corrected chi connectivity index (χ2v) is 6.47. The van der Waals surface area contributed by atoms with Crippen molar-refractivity contribution < 1.29 is 19.4 Å². The van der Waals surface area contributed by atoms with E-state index in [9.17, 15) is 9.90 Å². The molecule has 3 rings (SSSR count).